The van der Waals surface area contributed by atoms with Crippen molar-refractivity contribution in [2.24, 2.45) is 0 Å². The van der Waals surface area contributed by atoms with E-state index in [1.807, 2.05) is 39.0 Å². The maximum atomic E-state index is 12.8. The minimum absolute atomic E-state index is 0.141. The van der Waals surface area contributed by atoms with Gasteiger partial charge in [0.1, 0.15) is 4.21 Å². The summed E-state index contributed by atoms with van der Waals surface area (Å²) in [6.07, 6.45) is 1.67. The Morgan fingerprint density at radius 1 is 1.38 bits per heavy atom. The molecule has 0 saturated heterocycles. The zero-order valence-electron chi connectivity index (χ0n) is 12.1. The van der Waals surface area contributed by atoms with Gasteiger partial charge in [-0.05, 0) is 60.5 Å². The molecule has 2 aromatic heterocycles. The van der Waals surface area contributed by atoms with E-state index in [4.69, 9.17) is 0 Å². The molecule has 21 heavy (non-hydrogen) atoms. The molecule has 0 unspecified atom stereocenters. The van der Waals surface area contributed by atoms with Crippen molar-refractivity contribution in [3.05, 3.63) is 45.5 Å². The van der Waals surface area contributed by atoms with Crippen LogP contribution in [0.15, 0.2) is 38.5 Å². The molecule has 0 bridgehead atoms. The fraction of sp³-hybridized carbons (Fsp3) is 0.357. The second kappa shape index (κ2) is 6.56. The largest absolute Gasteiger partial charge is 0.260 e. The molecule has 2 rings (SSSR count). The van der Waals surface area contributed by atoms with Gasteiger partial charge in [-0.15, -0.1) is 11.3 Å². The summed E-state index contributed by atoms with van der Waals surface area (Å²) in [4.78, 5) is 4.22. The number of pyridine rings is 1. The van der Waals surface area contributed by atoms with Gasteiger partial charge in [-0.25, -0.2) is 8.42 Å². The van der Waals surface area contributed by atoms with E-state index in [9.17, 15) is 8.42 Å². The number of rotatable bonds is 5. The Bertz CT molecular complexity index is 692. The topological polar surface area (TPSA) is 50.3 Å². The molecule has 114 valence electrons. The first-order chi connectivity index (χ1) is 9.82. The second-order valence-corrected chi connectivity index (χ2v) is 9.47. The molecule has 0 radical (unpaired) electrons. The molecule has 0 aliphatic carbocycles. The van der Waals surface area contributed by atoms with E-state index in [-0.39, 0.29) is 12.6 Å². The summed E-state index contributed by atoms with van der Waals surface area (Å²) >= 11 is 4.63. The maximum absolute atomic E-state index is 12.8. The van der Waals surface area contributed by atoms with E-state index in [2.05, 4.69) is 20.9 Å². The monoisotopic (exact) mass is 388 g/mol. The molecule has 0 atom stereocenters. The maximum Gasteiger partial charge on any atom is 0.253 e. The minimum atomic E-state index is -3.52. The van der Waals surface area contributed by atoms with Gasteiger partial charge in [-0.2, -0.15) is 4.31 Å². The Kier molecular flexibility index (Phi) is 5.19. The SMILES string of the molecule is Cc1cc(S(=O)(=O)N(Cc2ccccn2)C(C)C)sc1Br. The highest BCUT2D eigenvalue weighted by Gasteiger charge is 2.29. The number of halogens is 1. The highest BCUT2D eigenvalue weighted by Crippen LogP contribution is 2.33. The summed E-state index contributed by atoms with van der Waals surface area (Å²) in [7, 11) is -3.52. The van der Waals surface area contributed by atoms with Crippen molar-refractivity contribution in [2.75, 3.05) is 0 Å². The first kappa shape index (κ1) is 16.6. The molecular weight excluding hydrogens is 372 g/mol. The van der Waals surface area contributed by atoms with Crippen LogP contribution in [0.25, 0.3) is 0 Å². The molecule has 4 nitrogen and oxygen atoms in total. The van der Waals surface area contributed by atoms with Crippen molar-refractivity contribution in [1.29, 1.82) is 0 Å². The van der Waals surface area contributed by atoms with Gasteiger partial charge in [0.15, 0.2) is 0 Å². The molecule has 7 heteroatoms. The predicted octanol–water partition coefficient (Wildman–Crippen LogP) is 3.81. The van der Waals surface area contributed by atoms with Gasteiger partial charge >= 0.3 is 0 Å². The van der Waals surface area contributed by atoms with Crippen molar-refractivity contribution in [3.8, 4) is 0 Å². The normalized spacial score (nSPS) is 12.3. The van der Waals surface area contributed by atoms with E-state index in [0.717, 1.165) is 15.0 Å². The fourth-order valence-electron chi connectivity index (χ4n) is 1.87. The zero-order valence-corrected chi connectivity index (χ0v) is 15.3. The molecule has 0 N–H and O–H groups in total. The number of aryl methyl sites for hydroxylation is 1. The molecule has 2 heterocycles. The van der Waals surface area contributed by atoms with E-state index in [1.165, 1.54) is 15.6 Å². The van der Waals surface area contributed by atoms with Gasteiger partial charge in [0.2, 0.25) is 0 Å². The highest BCUT2D eigenvalue weighted by atomic mass is 79.9. The van der Waals surface area contributed by atoms with E-state index in [0.29, 0.717) is 4.21 Å². The summed E-state index contributed by atoms with van der Waals surface area (Å²) in [6.45, 7) is 5.90. The Balaban J connectivity index is 2.37. The lowest BCUT2D eigenvalue weighted by molar-refractivity contribution is 0.345. The van der Waals surface area contributed by atoms with Crippen molar-refractivity contribution in [1.82, 2.24) is 9.29 Å². The summed E-state index contributed by atoms with van der Waals surface area (Å²) < 4.78 is 28.3. The third-order valence-corrected chi connectivity index (χ3v) is 7.63. The third-order valence-electron chi connectivity index (χ3n) is 3.02. The Labute approximate surface area is 138 Å². The van der Waals surface area contributed by atoms with Crippen LogP contribution in [0.1, 0.15) is 25.1 Å². The van der Waals surface area contributed by atoms with Gasteiger partial charge in [-0.1, -0.05) is 6.07 Å². The van der Waals surface area contributed by atoms with Crippen LogP contribution in [0, 0.1) is 6.92 Å². The molecular formula is C14H17BrN2O2S2. The molecule has 2 aromatic rings. The van der Waals surface area contributed by atoms with E-state index in [1.54, 1.807) is 12.3 Å². The van der Waals surface area contributed by atoms with Crippen LogP contribution in [0.3, 0.4) is 0 Å². The summed E-state index contributed by atoms with van der Waals surface area (Å²) in [5.74, 6) is 0. The van der Waals surface area contributed by atoms with E-state index < -0.39 is 10.0 Å². The number of nitrogens with zero attached hydrogens (tertiary/aromatic N) is 2. The van der Waals surface area contributed by atoms with Crippen LogP contribution in [-0.2, 0) is 16.6 Å². The molecule has 0 saturated carbocycles. The second-order valence-electron chi connectivity index (χ2n) is 4.99. The van der Waals surface area contributed by atoms with Gasteiger partial charge < -0.3 is 0 Å². The lowest BCUT2D eigenvalue weighted by Gasteiger charge is -2.24. The molecule has 0 spiro atoms. The quantitative estimate of drug-likeness (QED) is 0.781. The average Bonchev–Trinajstić information content (AvgIpc) is 2.77. The minimum Gasteiger partial charge on any atom is -0.260 e. The van der Waals surface area contributed by atoms with Crippen LogP contribution in [0.4, 0.5) is 0 Å². The Morgan fingerprint density at radius 2 is 2.10 bits per heavy atom. The lowest BCUT2D eigenvalue weighted by atomic mass is 10.3. The van der Waals surface area contributed by atoms with Crippen LogP contribution >= 0.6 is 27.3 Å². The number of aromatic nitrogens is 1. The number of hydrogen-bond acceptors (Lipinski definition) is 4. The molecule has 0 aliphatic rings. The van der Waals surface area contributed by atoms with Crippen molar-refractivity contribution >= 4 is 37.3 Å². The zero-order chi connectivity index (χ0) is 15.6. The van der Waals surface area contributed by atoms with Crippen LogP contribution in [-0.4, -0.2) is 23.7 Å². The molecule has 0 aliphatic heterocycles. The number of hydrogen-bond donors (Lipinski definition) is 0. The van der Waals surface area contributed by atoms with Gasteiger partial charge in [-0.3, -0.25) is 4.98 Å². The Hall–Kier alpha value is -0.760. The first-order valence-electron chi connectivity index (χ1n) is 6.50. The van der Waals surface area contributed by atoms with Gasteiger partial charge in [0.05, 0.1) is 16.0 Å². The molecule has 0 aromatic carbocycles. The van der Waals surface area contributed by atoms with Crippen LogP contribution < -0.4 is 0 Å². The van der Waals surface area contributed by atoms with Gasteiger partial charge in [0.25, 0.3) is 10.0 Å². The van der Waals surface area contributed by atoms with Crippen molar-refractivity contribution in [3.63, 3.8) is 0 Å². The van der Waals surface area contributed by atoms with Crippen LogP contribution in [0.2, 0.25) is 0 Å². The predicted molar refractivity (Wildman–Crippen MR) is 88.9 cm³/mol. The lowest BCUT2D eigenvalue weighted by Crippen LogP contribution is -2.36. The first-order valence-corrected chi connectivity index (χ1v) is 9.55. The standard InChI is InChI=1S/C14H17BrN2O2S2/c1-10(2)17(9-12-6-4-5-7-16-12)21(18,19)13-8-11(3)14(15)20-13/h4-8,10H,9H2,1-3H3. The average molecular weight is 389 g/mol. The summed E-state index contributed by atoms with van der Waals surface area (Å²) in [5, 5.41) is 0. The highest BCUT2D eigenvalue weighted by molar-refractivity contribution is 9.11. The molecule has 0 amide bonds. The van der Waals surface area contributed by atoms with Crippen molar-refractivity contribution in [2.45, 2.75) is 37.6 Å². The van der Waals surface area contributed by atoms with Crippen molar-refractivity contribution < 1.29 is 8.42 Å². The molecule has 0 fully saturated rings. The number of sulfonamides is 1. The summed E-state index contributed by atoms with van der Waals surface area (Å²) in [5.41, 5.74) is 1.67. The van der Waals surface area contributed by atoms with Gasteiger partial charge in [0, 0.05) is 12.2 Å². The van der Waals surface area contributed by atoms with E-state index >= 15 is 0 Å². The van der Waals surface area contributed by atoms with Crippen LogP contribution in [0.5, 0.6) is 0 Å². The summed E-state index contributed by atoms with van der Waals surface area (Å²) in [6, 6.07) is 7.08. The third kappa shape index (κ3) is 3.71. The smallest absolute Gasteiger partial charge is 0.253 e. The Morgan fingerprint density at radius 3 is 2.57 bits per heavy atom. The fourth-order valence-corrected chi connectivity index (χ4v) is 5.83. The number of thiophene rings is 1.